The molecule has 1 aromatic rings. The Morgan fingerprint density at radius 2 is 2.16 bits per heavy atom. The number of ether oxygens (including phenoxy) is 1. The van der Waals surface area contributed by atoms with Crippen molar-refractivity contribution in [3.63, 3.8) is 0 Å². The standard InChI is InChI=1S/C15H27N3O/c1-3-9-16-13-4-6-14(7-5-13)19-12-8-15-17-10-11-18(15)2/h10-11,13-14,16H,3-9,12H2,1-2H3. The molecule has 1 fully saturated rings. The van der Waals surface area contributed by atoms with E-state index in [1.165, 1.54) is 32.1 Å². The molecule has 4 heteroatoms. The van der Waals surface area contributed by atoms with Crippen LogP contribution in [0, 0.1) is 0 Å². The summed E-state index contributed by atoms with van der Waals surface area (Å²) in [6, 6.07) is 0.717. The second-order valence-electron chi connectivity index (χ2n) is 5.50. The van der Waals surface area contributed by atoms with Crippen LogP contribution in [0.1, 0.15) is 44.9 Å². The molecule has 19 heavy (non-hydrogen) atoms. The van der Waals surface area contributed by atoms with Gasteiger partial charge in [0.25, 0.3) is 0 Å². The lowest BCUT2D eigenvalue weighted by molar-refractivity contribution is 0.0235. The molecule has 0 aliphatic heterocycles. The van der Waals surface area contributed by atoms with Crippen molar-refractivity contribution in [2.45, 2.75) is 57.6 Å². The molecule has 1 saturated carbocycles. The van der Waals surface area contributed by atoms with Gasteiger partial charge in [-0.05, 0) is 38.6 Å². The Balaban J connectivity index is 1.59. The maximum atomic E-state index is 5.98. The van der Waals surface area contributed by atoms with Gasteiger partial charge >= 0.3 is 0 Å². The number of imidazole rings is 1. The molecule has 0 aromatic carbocycles. The van der Waals surface area contributed by atoms with Crippen molar-refractivity contribution in [1.82, 2.24) is 14.9 Å². The van der Waals surface area contributed by atoms with E-state index in [2.05, 4.69) is 21.8 Å². The lowest BCUT2D eigenvalue weighted by atomic mass is 9.93. The summed E-state index contributed by atoms with van der Waals surface area (Å²) in [6.07, 6.45) is 11.3. The van der Waals surface area contributed by atoms with E-state index in [0.29, 0.717) is 12.1 Å². The molecule has 0 amide bonds. The fourth-order valence-corrected chi connectivity index (χ4v) is 2.74. The van der Waals surface area contributed by atoms with E-state index in [1.807, 2.05) is 19.4 Å². The summed E-state index contributed by atoms with van der Waals surface area (Å²) in [4.78, 5) is 4.32. The molecule has 0 unspecified atom stereocenters. The van der Waals surface area contributed by atoms with Gasteiger partial charge in [0, 0.05) is 31.9 Å². The molecule has 0 spiro atoms. The molecular formula is C15H27N3O. The van der Waals surface area contributed by atoms with Crippen LogP contribution in [0.4, 0.5) is 0 Å². The Bertz CT molecular complexity index is 356. The van der Waals surface area contributed by atoms with Crippen LogP contribution >= 0.6 is 0 Å². The van der Waals surface area contributed by atoms with Crippen molar-refractivity contribution in [3.05, 3.63) is 18.2 Å². The van der Waals surface area contributed by atoms with Crippen LogP contribution < -0.4 is 5.32 Å². The van der Waals surface area contributed by atoms with Crippen LogP contribution in [0.2, 0.25) is 0 Å². The van der Waals surface area contributed by atoms with Crippen LogP contribution in [-0.4, -0.2) is 34.8 Å². The summed E-state index contributed by atoms with van der Waals surface area (Å²) in [5.74, 6) is 1.11. The Labute approximate surface area is 116 Å². The quantitative estimate of drug-likeness (QED) is 0.822. The van der Waals surface area contributed by atoms with E-state index in [0.717, 1.165) is 25.4 Å². The normalized spacial score (nSPS) is 23.7. The van der Waals surface area contributed by atoms with Crippen LogP contribution in [0.15, 0.2) is 12.4 Å². The smallest absolute Gasteiger partial charge is 0.110 e. The molecule has 2 rings (SSSR count). The second-order valence-corrected chi connectivity index (χ2v) is 5.50. The topological polar surface area (TPSA) is 39.1 Å². The van der Waals surface area contributed by atoms with E-state index < -0.39 is 0 Å². The largest absolute Gasteiger partial charge is 0.378 e. The Morgan fingerprint density at radius 1 is 1.37 bits per heavy atom. The van der Waals surface area contributed by atoms with Crippen molar-refractivity contribution in [2.24, 2.45) is 7.05 Å². The highest BCUT2D eigenvalue weighted by Crippen LogP contribution is 2.21. The minimum absolute atomic E-state index is 0.458. The molecule has 1 N–H and O–H groups in total. The lowest BCUT2D eigenvalue weighted by Gasteiger charge is -2.29. The summed E-state index contributed by atoms with van der Waals surface area (Å²) < 4.78 is 8.05. The fourth-order valence-electron chi connectivity index (χ4n) is 2.74. The lowest BCUT2D eigenvalue weighted by Crippen LogP contribution is -2.35. The van der Waals surface area contributed by atoms with E-state index in [4.69, 9.17) is 4.74 Å². The van der Waals surface area contributed by atoms with Crippen LogP contribution in [-0.2, 0) is 18.2 Å². The first-order chi connectivity index (χ1) is 9.29. The molecule has 0 radical (unpaired) electrons. The predicted molar refractivity (Wildman–Crippen MR) is 77.2 cm³/mol. The average molecular weight is 265 g/mol. The number of aromatic nitrogens is 2. The first kappa shape index (κ1) is 14.5. The Morgan fingerprint density at radius 3 is 2.79 bits per heavy atom. The van der Waals surface area contributed by atoms with Gasteiger partial charge in [0.1, 0.15) is 5.82 Å². The van der Waals surface area contributed by atoms with E-state index in [1.54, 1.807) is 0 Å². The molecule has 0 saturated heterocycles. The summed E-state index contributed by atoms with van der Waals surface area (Å²) >= 11 is 0. The van der Waals surface area contributed by atoms with Gasteiger partial charge in [0.15, 0.2) is 0 Å². The van der Waals surface area contributed by atoms with Gasteiger partial charge in [-0.15, -0.1) is 0 Å². The summed E-state index contributed by atoms with van der Waals surface area (Å²) in [5, 5.41) is 3.61. The zero-order valence-corrected chi connectivity index (χ0v) is 12.3. The molecule has 0 bridgehead atoms. The van der Waals surface area contributed by atoms with Crippen LogP contribution in [0.3, 0.4) is 0 Å². The monoisotopic (exact) mass is 265 g/mol. The number of hydrogen-bond donors (Lipinski definition) is 1. The zero-order valence-electron chi connectivity index (χ0n) is 12.3. The summed E-state index contributed by atoms with van der Waals surface area (Å²) in [7, 11) is 2.03. The SMILES string of the molecule is CCCNC1CCC(OCCc2nccn2C)CC1. The second kappa shape index (κ2) is 7.65. The number of rotatable bonds is 7. The van der Waals surface area contributed by atoms with Crippen molar-refractivity contribution < 1.29 is 4.74 Å². The number of aryl methyl sites for hydroxylation is 1. The number of nitrogens with one attached hydrogen (secondary N) is 1. The van der Waals surface area contributed by atoms with Crippen LogP contribution in [0.5, 0.6) is 0 Å². The van der Waals surface area contributed by atoms with Gasteiger partial charge in [0.05, 0.1) is 12.7 Å². The van der Waals surface area contributed by atoms with Crippen molar-refractivity contribution in [2.75, 3.05) is 13.2 Å². The molecule has 108 valence electrons. The Kier molecular flexibility index (Phi) is 5.86. The molecule has 1 aliphatic rings. The highest BCUT2D eigenvalue weighted by atomic mass is 16.5. The molecule has 1 aromatic heterocycles. The first-order valence-corrected chi connectivity index (χ1v) is 7.60. The van der Waals surface area contributed by atoms with Gasteiger partial charge < -0.3 is 14.6 Å². The minimum Gasteiger partial charge on any atom is -0.378 e. The molecule has 1 heterocycles. The van der Waals surface area contributed by atoms with Crippen molar-refractivity contribution in [3.8, 4) is 0 Å². The highest BCUT2D eigenvalue weighted by molar-refractivity contribution is 4.91. The number of hydrogen-bond acceptors (Lipinski definition) is 3. The Hall–Kier alpha value is -0.870. The average Bonchev–Trinajstić information content (AvgIpc) is 2.84. The number of nitrogens with zero attached hydrogens (tertiary/aromatic N) is 2. The molecule has 4 nitrogen and oxygen atoms in total. The first-order valence-electron chi connectivity index (χ1n) is 7.60. The van der Waals surface area contributed by atoms with E-state index in [9.17, 15) is 0 Å². The van der Waals surface area contributed by atoms with Gasteiger partial charge in [0.2, 0.25) is 0 Å². The maximum absolute atomic E-state index is 5.98. The van der Waals surface area contributed by atoms with E-state index in [-0.39, 0.29) is 0 Å². The van der Waals surface area contributed by atoms with Gasteiger partial charge in [-0.25, -0.2) is 4.98 Å². The van der Waals surface area contributed by atoms with Crippen LogP contribution in [0.25, 0.3) is 0 Å². The summed E-state index contributed by atoms with van der Waals surface area (Å²) in [5.41, 5.74) is 0. The van der Waals surface area contributed by atoms with Gasteiger partial charge in [-0.2, -0.15) is 0 Å². The third-order valence-electron chi connectivity index (χ3n) is 3.96. The van der Waals surface area contributed by atoms with Crippen molar-refractivity contribution >= 4 is 0 Å². The van der Waals surface area contributed by atoms with Gasteiger partial charge in [-0.3, -0.25) is 0 Å². The zero-order chi connectivity index (χ0) is 13.5. The predicted octanol–water partition coefficient (Wildman–Crippen LogP) is 2.29. The highest BCUT2D eigenvalue weighted by Gasteiger charge is 2.20. The molecule has 1 aliphatic carbocycles. The fraction of sp³-hybridized carbons (Fsp3) is 0.800. The third-order valence-corrected chi connectivity index (χ3v) is 3.96. The maximum Gasteiger partial charge on any atom is 0.110 e. The van der Waals surface area contributed by atoms with Crippen molar-refractivity contribution in [1.29, 1.82) is 0 Å². The van der Waals surface area contributed by atoms with E-state index >= 15 is 0 Å². The third kappa shape index (κ3) is 4.62. The molecular weight excluding hydrogens is 238 g/mol. The minimum atomic E-state index is 0.458. The summed E-state index contributed by atoms with van der Waals surface area (Å²) in [6.45, 7) is 4.16. The van der Waals surface area contributed by atoms with Gasteiger partial charge in [-0.1, -0.05) is 6.92 Å². The molecule has 0 atom stereocenters.